The fourth-order valence-electron chi connectivity index (χ4n) is 2.12. The maximum atomic E-state index is 11.5. The first-order valence-corrected chi connectivity index (χ1v) is 5.55. The van der Waals surface area contributed by atoms with E-state index in [2.05, 4.69) is 5.32 Å². The van der Waals surface area contributed by atoms with Gasteiger partial charge in [-0.2, -0.15) is 0 Å². The number of hydrogen-bond donors (Lipinski definition) is 1. The highest BCUT2D eigenvalue weighted by Crippen LogP contribution is 2.25. The van der Waals surface area contributed by atoms with Crippen molar-refractivity contribution in [2.75, 3.05) is 20.8 Å². The molecule has 0 aliphatic heterocycles. The SMILES string of the molecule is COCC(=O)N[C@@H]1CCCC[C@H]1C(=O)OC. The van der Waals surface area contributed by atoms with Crippen molar-refractivity contribution in [3.63, 3.8) is 0 Å². The molecule has 0 unspecified atom stereocenters. The van der Waals surface area contributed by atoms with Gasteiger partial charge in [-0.15, -0.1) is 0 Å². The molecule has 1 aliphatic carbocycles. The van der Waals surface area contributed by atoms with Gasteiger partial charge in [-0.25, -0.2) is 0 Å². The molecule has 2 atom stereocenters. The lowest BCUT2D eigenvalue weighted by Gasteiger charge is -2.30. The summed E-state index contributed by atoms with van der Waals surface area (Å²) in [6.07, 6.45) is 3.65. The Balaban J connectivity index is 2.53. The van der Waals surface area contributed by atoms with E-state index >= 15 is 0 Å². The van der Waals surface area contributed by atoms with E-state index in [1.54, 1.807) is 0 Å². The van der Waals surface area contributed by atoms with Crippen molar-refractivity contribution >= 4 is 11.9 Å². The van der Waals surface area contributed by atoms with Crippen molar-refractivity contribution in [3.8, 4) is 0 Å². The van der Waals surface area contributed by atoms with Gasteiger partial charge in [0, 0.05) is 13.2 Å². The van der Waals surface area contributed by atoms with Gasteiger partial charge in [0.15, 0.2) is 0 Å². The molecule has 5 heteroatoms. The predicted octanol–water partition coefficient (Wildman–Crippen LogP) is 0.481. The molecule has 0 bridgehead atoms. The summed E-state index contributed by atoms with van der Waals surface area (Å²) in [5.74, 6) is -0.620. The van der Waals surface area contributed by atoms with Crippen LogP contribution in [-0.2, 0) is 19.1 Å². The van der Waals surface area contributed by atoms with Gasteiger partial charge in [-0.05, 0) is 12.8 Å². The Morgan fingerprint density at radius 2 is 1.94 bits per heavy atom. The van der Waals surface area contributed by atoms with E-state index in [-0.39, 0.29) is 30.4 Å². The molecule has 0 aromatic rings. The summed E-state index contributed by atoms with van der Waals surface area (Å²) in [7, 11) is 2.85. The number of carbonyl (C=O) groups is 2. The van der Waals surface area contributed by atoms with Crippen LogP contribution in [-0.4, -0.2) is 38.7 Å². The van der Waals surface area contributed by atoms with Gasteiger partial charge in [-0.3, -0.25) is 9.59 Å². The van der Waals surface area contributed by atoms with Crippen molar-refractivity contribution in [2.24, 2.45) is 5.92 Å². The van der Waals surface area contributed by atoms with Gasteiger partial charge in [0.1, 0.15) is 6.61 Å². The Kier molecular flexibility index (Phi) is 5.25. The largest absolute Gasteiger partial charge is 0.469 e. The highest BCUT2D eigenvalue weighted by atomic mass is 16.5. The van der Waals surface area contributed by atoms with Gasteiger partial charge in [0.2, 0.25) is 5.91 Å². The molecule has 1 rings (SSSR count). The van der Waals surface area contributed by atoms with Crippen LogP contribution in [0.15, 0.2) is 0 Å². The van der Waals surface area contributed by atoms with E-state index in [1.807, 2.05) is 0 Å². The van der Waals surface area contributed by atoms with Crippen molar-refractivity contribution in [2.45, 2.75) is 31.7 Å². The molecule has 0 spiro atoms. The second-order valence-corrected chi connectivity index (χ2v) is 4.02. The van der Waals surface area contributed by atoms with Crippen LogP contribution in [0.2, 0.25) is 0 Å². The quantitative estimate of drug-likeness (QED) is 0.712. The molecular formula is C11H19NO4. The number of hydrogen-bond acceptors (Lipinski definition) is 4. The summed E-state index contributed by atoms with van der Waals surface area (Å²) in [5.41, 5.74) is 0. The van der Waals surface area contributed by atoms with Crippen molar-refractivity contribution in [1.29, 1.82) is 0 Å². The molecule has 16 heavy (non-hydrogen) atoms. The molecule has 1 aliphatic rings. The maximum Gasteiger partial charge on any atom is 0.310 e. The molecular weight excluding hydrogens is 210 g/mol. The first kappa shape index (κ1) is 13.0. The zero-order chi connectivity index (χ0) is 12.0. The van der Waals surface area contributed by atoms with Crippen molar-refractivity contribution < 1.29 is 19.1 Å². The van der Waals surface area contributed by atoms with Crippen LogP contribution in [0.5, 0.6) is 0 Å². The summed E-state index contributed by atoms with van der Waals surface area (Å²) in [5, 5.41) is 2.82. The number of esters is 1. The summed E-state index contributed by atoms with van der Waals surface area (Å²) < 4.78 is 9.48. The zero-order valence-corrected chi connectivity index (χ0v) is 9.82. The van der Waals surface area contributed by atoms with Crippen molar-refractivity contribution in [1.82, 2.24) is 5.32 Å². The summed E-state index contributed by atoms with van der Waals surface area (Å²) in [4.78, 5) is 22.9. The third-order valence-corrected chi connectivity index (χ3v) is 2.89. The Bertz CT molecular complexity index is 254. The maximum absolute atomic E-state index is 11.5. The predicted molar refractivity (Wildman–Crippen MR) is 57.8 cm³/mol. The number of amides is 1. The topological polar surface area (TPSA) is 64.6 Å². The lowest BCUT2D eigenvalue weighted by molar-refractivity contribution is -0.148. The highest BCUT2D eigenvalue weighted by Gasteiger charge is 2.32. The van der Waals surface area contributed by atoms with Crippen LogP contribution in [0, 0.1) is 5.92 Å². The van der Waals surface area contributed by atoms with E-state index in [9.17, 15) is 9.59 Å². The number of nitrogens with one attached hydrogen (secondary N) is 1. The van der Waals surface area contributed by atoms with Gasteiger partial charge < -0.3 is 14.8 Å². The molecule has 1 N–H and O–H groups in total. The van der Waals surface area contributed by atoms with E-state index in [4.69, 9.17) is 9.47 Å². The monoisotopic (exact) mass is 229 g/mol. The van der Waals surface area contributed by atoms with E-state index in [0.29, 0.717) is 0 Å². The molecule has 92 valence electrons. The molecule has 1 fully saturated rings. The summed E-state index contributed by atoms with van der Waals surface area (Å²) in [6, 6.07) is -0.108. The Hall–Kier alpha value is -1.10. The second-order valence-electron chi connectivity index (χ2n) is 4.02. The minimum Gasteiger partial charge on any atom is -0.469 e. The molecule has 0 radical (unpaired) electrons. The first-order chi connectivity index (χ1) is 7.69. The van der Waals surface area contributed by atoms with E-state index in [0.717, 1.165) is 25.7 Å². The molecule has 0 aromatic heterocycles. The first-order valence-electron chi connectivity index (χ1n) is 5.55. The van der Waals surface area contributed by atoms with E-state index in [1.165, 1.54) is 14.2 Å². The minimum atomic E-state index is -0.234. The lowest BCUT2D eigenvalue weighted by atomic mass is 9.84. The Labute approximate surface area is 95.5 Å². The number of ether oxygens (including phenoxy) is 2. The Morgan fingerprint density at radius 3 is 2.56 bits per heavy atom. The van der Waals surface area contributed by atoms with Crippen LogP contribution < -0.4 is 5.32 Å². The average molecular weight is 229 g/mol. The number of rotatable bonds is 4. The lowest BCUT2D eigenvalue weighted by Crippen LogP contribution is -2.46. The summed E-state index contributed by atoms with van der Waals surface area (Å²) in [6.45, 7) is 0.0321. The van der Waals surface area contributed by atoms with Gasteiger partial charge >= 0.3 is 5.97 Å². The van der Waals surface area contributed by atoms with Crippen molar-refractivity contribution in [3.05, 3.63) is 0 Å². The normalized spacial score (nSPS) is 24.9. The van der Waals surface area contributed by atoms with Crippen LogP contribution >= 0.6 is 0 Å². The van der Waals surface area contributed by atoms with Crippen LogP contribution in [0.3, 0.4) is 0 Å². The molecule has 5 nitrogen and oxygen atoms in total. The zero-order valence-electron chi connectivity index (χ0n) is 9.82. The third kappa shape index (κ3) is 3.48. The van der Waals surface area contributed by atoms with Crippen LogP contribution in [0.4, 0.5) is 0 Å². The standard InChI is InChI=1S/C11H19NO4/c1-15-7-10(13)12-9-6-4-3-5-8(9)11(14)16-2/h8-9H,3-7H2,1-2H3,(H,12,13)/t8-,9-/m1/s1. The molecule has 0 saturated heterocycles. The van der Waals surface area contributed by atoms with Crippen LogP contribution in [0.1, 0.15) is 25.7 Å². The Morgan fingerprint density at radius 1 is 1.25 bits per heavy atom. The molecule has 1 amide bonds. The third-order valence-electron chi connectivity index (χ3n) is 2.89. The van der Waals surface area contributed by atoms with Gasteiger partial charge in [0.25, 0.3) is 0 Å². The van der Waals surface area contributed by atoms with E-state index < -0.39 is 0 Å². The van der Waals surface area contributed by atoms with Crippen LogP contribution in [0.25, 0.3) is 0 Å². The second kappa shape index (κ2) is 6.48. The number of methoxy groups -OCH3 is 2. The molecule has 0 heterocycles. The number of carbonyl (C=O) groups excluding carboxylic acids is 2. The molecule has 1 saturated carbocycles. The highest BCUT2D eigenvalue weighted by molar-refractivity contribution is 5.79. The smallest absolute Gasteiger partial charge is 0.310 e. The summed E-state index contributed by atoms with van der Waals surface area (Å²) >= 11 is 0. The fourth-order valence-corrected chi connectivity index (χ4v) is 2.12. The van der Waals surface area contributed by atoms with Gasteiger partial charge in [0.05, 0.1) is 13.0 Å². The fraction of sp³-hybridized carbons (Fsp3) is 0.818. The minimum absolute atomic E-state index is 0.0321. The molecule has 0 aromatic carbocycles. The average Bonchev–Trinajstić information content (AvgIpc) is 2.29. The van der Waals surface area contributed by atoms with Gasteiger partial charge in [-0.1, -0.05) is 12.8 Å².